The first-order chi connectivity index (χ1) is 8.77. The minimum Gasteiger partial charge on any atom is -0.477 e. The van der Waals surface area contributed by atoms with E-state index in [0.29, 0.717) is 5.01 Å². The molecule has 1 amide bonds. The van der Waals surface area contributed by atoms with Gasteiger partial charge in [0.05, 0.1) is 4.92 Å². The number of carboxylic acids is 1. The molecule has 0 saturated heterocycles. The molecule has 1 aromatic rings. The third kappa shape index (κ3) is 2.86. The Labute approximate surface area is 108 Å². The Hall–Kier alpha value is -2.48. The first-order valence-electron chi connectivity index (χ1n) is 5.36. The molecule has 0 fully saturated rings. The second kappa shape index (κ2) is 5.44. The van der Waals surface area contributed by atoms with Gasteiger partial charge in [0.2, 0.25) is 5.91 Å². The fraction of sp³-hybridized carbons (Fsp3) is 0.273. The van der Waals surface area contributed by atoms with Crippen molar-refractivity contribution >= 4 is 23.3 Å². The number of hydrazine groups is 1. The lowest BCUT2D eigenvalue weighted by Gasteiger charge is -2.19. The predicted molar refractivity (Wildman–Crippen MR) is 66.6 cm³/mol. The molecule has 0 aliphatic rings. The second-order valence-electron chi connectivity index (χ2n) is 4.10. The monoisotopic (exact) mass is 267 g/mol. The number of amides is 1. The number of carboxylic acid groups (broad SMARTS) is 1. The van der Waals surface area contributed by atoms with Crippen molar-refractivity contribution in [3.05, 3.63) is 33.9 Å². The molecule has 1 aromatic carbocycles. The summed E-state index contributed by atoms with van der Waals surface area (Å²) in [6, 6.07) is 3.60. The number of hydrogen-bond donors (Lipinski definition) is 2. The predicted octanol–water partition coefficient (Wildman–Crippen LogP) is 1.16. The summed E-state index contributed by atoms with van der Waals surface area (Å²) in [6.45, 7) is 3.16. The van der Waals surface area contributed by atoms with E-state index in [0.717, 1.165) is 6.07 Å². The number of nitro benzene ring substituents is 1. The number of hydrogen-bond acceptors (Lipinski definition) is 5. The van der Waals surface area contributed by atoms with Crippen molar-refractivity contribution in [3.63, 3.8) is 0 Å². The molecule has 0 aromatic heterocycles. The molecule has 0 aliphatic carbocycles. The largest absolute Gasteiger partial charge is 0.477 e. The van der Waals surface area contributed by atoms with Gasteiger partial charge in [0.25, 0.3) is 0 Å². The van der Waals surface area contributed by atoms with Crippen molar-refractivity contribution in [3.8, 4) is 0 Å². The highest BCUT2D eigenvalue weighted by atomic mass is 16.6. The van der Waals surface area contributed by atoms with E-state index in [4.69, 9.17) is 10.9 Å². The normalized spacial score (nSPS) is 10.3. The van der Waals surface area contributed by atoms with Crippen molar-refractivity contribution in [1.29, 1.82) is 0 Å². The Bertz CT molecular complexity index is 541. The van der Waals surface area contributed by atoms with E-state index in [1.165, 1.54) is 12.1 Å². The SMILES string of the molecule is CC(C)C(=O)N(N)c1cccc(C(=O)O)c1[N+](=O)[O-]. The number of benzene rings is 1. The van der Waals surface area contributed by atoms with Crippen LogP contribution in [0.5, 0.6) is 0 Å². The van der Waals surface area contributed by atoms with Gasteiger partial charge in [-0.3, -0.25) is 14.9 Å². The van der Waals surface area contributed by atoms with E-state index < -0.39 is 34.0 Å². The van der Waals surface area contributed by atoms with Gasteiger partial charge in [-0.2, -0.15) is 0 Å². The van der Waals surface area contributed by atoms with Crippen LogP contribution >= 0.6 is 0 Å². The summed E-state index contributed by atoms with van der Waals surface area (Å²) in [6.07, 6.45) is 0. The molecule has 0 spiro atoms. The first-order valence-corrected chi connectivity index (χ1v) is 5.36. The highest BCUT2D eigenvalue weighted by molar-refractivity contribution is 6.01. The number of aromatic carboxylic acids is 1. The summed E-state index contributed by atoms with van der Waals surface area (Å²) in [7, 11) is 0. The molecule has 0 saturated carbocycles. The van der Waals surface area contributed by atoms with Crippen LogP contribution in [0, 0.1) is 16.0 Å². The van der Waals surface area contributed by atoms with Crippen LogP contribution in [0.2, 0.25) is 0 Å². The average molecular weight is 267 g/mol. The molecule has 0 atom stereocenters. The Kier molecular flexibility index (Phi) is 4.18. The molecule has 8 nitrogen and oxygen atoms in total. The van der Waals surface area contributed by atoms with Crippen LogP contribution < -0.4 is 10.9 Å². The highest BCUT2D eigenvalue weighted by Crippen LogP contribution is 2.31. The molecule has 1 rings (SSSR count). The lowest BCUT2D eigenvalue weighted by molar-refractivity contribution is -0.384. The highest BCUT2D eigenvalue weighted by Gasteiger charge is 2.29. The van der Waals surface area contributed by atoms with Crippen LogP contribution in [-0.4, -0.2) is 21.9 Å². The number of anilines is 1. The summed E-state index contributed by atoms with van der Waals surface area (Å²) < 4.78 is 0. The van der Waals surface area contributed by atoms with Gasteiger partial charge in [-0.05, 0) is 12.1 Å². The lowest BCUT2D eigenvalue weighted by atomic mass is 10.1. The quantitative estimate of drug-likeness (QED) is 0.364. The molecule has 0 radical (unpaired) electrons. The summed E-state index contributed by atoms with van der Waals surface area (Å²) >= 11 is 0. The fourth-order valence-electron chi connectivity index (χ4n) is 1.49. The van der Waals surface area contributed by atoms with E-state index in [1.54, 1.807) is 13.8 Å². The average Bonchev–Trinajstić information content (AvgIpc) is 2.35. The Morgan fingerprint density at radius 1 is 1.42 bits per heavy atom. The molecule has 0 unspecified atom stereocenters. The topological polar surface area (TPSA) is 127 Å². The standard InChI is InChI=1S/C11H13N3O5/c1-6(2)10(15)13(12)8-5-3-4-7(11(16)17)9(8)14(18)19/h3-6H,12H2,1-2H3,(H,16,17). The summed E-state index contributed by atoms with van der Waals surface area (Å²) in [5.41, 5.74) is -1.47. The zero-order chi connectivity index (χ0) is 14.7. The maximum atomic E-state index is 11.7. The van der Waals surface area contributed by atoms with Gasteiger partial charge in [0.15, 0.2) is 0 Å². The maximum Gasteiger partial charge on any atom is 0.342 e. The number of para-hydroxylation sites is 1. The molecule has 3 N–H and O–H groups in total. The van der Waals surface area contributed by atoms with E-state index in [9.17, 15) is 19.7 Å². The van der Waals surface area contributed by atoms with Gasteiger partial charge < -0.3 is 5.11 Å². The molecule has 19 heavy (non-hydrogen) atoms. The summed E-state index contributed by atoms with van der Waals surface area (Å²) in [5, 5.41) is 20.5. The van der Waals surface area contributed by atoms with E-state index in [2.05, 4.69) is 0 Å². The van der Waals surface area contributed by atoms with E-state index in [-0.39, 0.29) is 5.69 Å². The summed E-state index contributed by atoms with van der Waals surface area (Å²) in [4.78, 5) is 32.8. The maximum absolute atomic E-state index is 11.7. The van der Waals surface area contributed by atoms with Crippen LogP contribution in [0.15, 0.2) is 18.2 Å². The number of rotatable bonds is 4. The molecule has 8 heteroatoms. The Morgan fingerprint density at radius 2 is 2.00 bits per heavy atom. The zero-order valence-corrected chi connectivity index (χ0v) is 10.4. The van der Waals surface area contributed by atoms with Crippen molar-refractivity contribution in [2.45, 2.75) is 13.8 Å². The van der Waals surface area contributed by atoms with Crippen molar-refractivity contribution in [2.75, 3.05) is 5.01 Å². The Morgan fingerprint density at radius 3 is 2.42 bits per heavy atom. The molecular formula is C11H13N3O5. The van der Waals surface area contributed by atoms with Gasteiger partial charge in [-0.1, -0.05) is 19.9 Å². The smallest absolute Gasteiger partial charge is 0.342 e. The van der Waals surface area contributed by atoms with Gasteiger partial charge in [0.1, 0.15) is 11.3 Å². The lowest BCUT2D eigenvalue weighted by Crippen LogP contribution is -2.40. The fourth-order valence-corrected chi connectivity index (χ4v) is 1.49. The third-order valence-electron chi connectivity index (χ3n) is 2.42. The van der Waals surface area contributed by atoms with E-state index in [1.807, 2.05) is 0 Å². The molecule has 102 valence electrons. The number of nitro groups is 1. The van der Waals surface area contributed by atoms with Crippen LogP contribution in [0.3, 0.4) is 0 Å². The van der Waals surface area contributed by atoms with Gasteiger partial charge in [0, 0.05) is 5.92 Å². The minimum absolute atomic E-state index is 0.247. The number of nitrogens with two attached hydrogens (primary N) is 1. The minimum atomic E-state index is -1.46. The third-order valence-corrected chi connectivity index (χ3v) is 2.42. The van der Waals surface area contributed by atoms with E-state index >= 15 is 0 Å². The van der Waals surface area contributed by atoms with Crippen molar-refractivity contribution in [1.82, 2.24) is 0 Å². The second-order valence-corrected chi connectivity index (χ2v) is 4.10. The molecule has 0 heterocycles. The van der Waals surface area contributed by atoms with Crippen LogP contribution in [0.4, 0.5) is 11.4 Å². The zero-order valence-electron chi connectivity index (χ0n) is 10.4. The van der Waals surface area contributed by atoms with Crippen molar-refractivity contribution < 1.29 is 19.6 Å². The molecular weight excluding hydrogens is 254 g/mol. The van der Waals surface area contributed by atoms with Gasteiger partial charge in [-0.25, -0.2) is 15.6 Å². The first kappa shape index (κ1) is 14.6. The van der Waals surface area contributed by atoms with Gasteiger partial charge in [-0.15, -0.1) is 0 Å². The number of nitrogens with zero attached hydrogens (tertiary/aromatic N) is 2. The number of carbonyl (C=O) groups excluding carboxylic acids is 1. The Balaban J connectivity index is 3.43. The molecule has 0 bridgehead atoms. The van der Waals surface area contributed by atoms with Crippen LogP contribution in [0.25, 0.3) is 0 Å². The van der Waals surface area contributed by atoms with Crippen LogP contribution in [0.1, 0.15) is 24.2 Å². The molecule has 0 aliphatic heterocycles. The van der Waals surface area contributed by atoms with Crippen molar-refractivity contribution in [2.24, 2.45) is 11.8 Å². The number of carbonyl (C=O) groups is 2. The summed E-state index contributed by atoms with van der Waals surface area (Å²) in [5.74, 6) is 3.05. The van der Waals surface area contributed by atoms with Crippen LogP contribution in [-0.2, 0) is 4.79 Å². The van der Waals surface area contributed by atoms with Gasteiger partial charge >= 0.3 is 11.7 Å².